The standard InChI is InChI=1S/C24H24N4S/c1-3-5-18-9-10-20-21(12-13-26-24(20)27-18)28-22-14-16(2)8-11-23(22)29-19-7-4-6-17(25)15-19/h4,6-15H,3,5,25H2,1-2H3,(H,26,27,28). The number of nitrogens with two attached hydrogens (primary N) is 1. The van der Waals surface area contributed by atoms with Crippen molar-refractivity contribution < 1.29 is 0 Å². The highest BCUT2D eigenvalue weighted by Crippen LogP contribution is 2.37. The summed E-state index contributed by atoms with van der Waals surface area (Å²) in [5.41, 5.74) is 11.8. The van der Waals surface area contributed by atoms with Crippen LogP contribution in [-0.4, -0.2) is 9.97 Å². The lowest BCUT2D eigenvalue weighted by atomic mass is 10.1. The Kier molecular flexibility index (Phi) is 5.67. The zero-order chi connectivity index (χ0) is 20.2. The molecule has 4 nitrogen and oxygen atoms in total. The van der Waals surface area contributed by atoms with Gasteiger partial charge in [-0.15, -0.1) is 0 Å². The van der Waals surface area contributed by atoms with Crippen molar-refractivity contribution in [1.82, 2.24) is 9.97 Å². The molecule has 0 radical (unpaired) electrons. The van der Waals surface area contributed by atoms with Crippen LogP contribution in [0.15, 0.2) is 76.7 Å². The molecule has 5 heteroatoms. The number of pyridine rings is 2. The Morgan fingerprint density at radius 3 is 2.72 bits per heavy atom. The second-order valence-corrected chi connectivity index (χ2v) is 8.20. The van der Waals surface area contributed by atoms with Crippen molar-refractivity contribution in [2.24, 2.45) is 0 Å². The van der Waals surface area contributed by atoms with Gasteiger partial charge in [0.15, 0.2) is 5.65 Å². The minimum atomic E-state index is 0.769. The van der Waals surface area contributed by atoms with E-state index >= 15 is 0 Å². The highest BCUT2D eigenvalue weighted by atomic mass is 32.2. The lowest BCUT2D eigenvalue weighted by Gasteiger charge is -2.15. The van der Waals surface area contributed by atoms with Gasteiger partial charge in [-0.25, -0.2) is 9.97 Å². The van der Waals surface area contributed by atoms with E-state index in [0.717, 1.165) is 56.4 Å². The average Bonchev–Trinajstić information content (AvgIpc) is 2.70. The third kappa shape index (κ3) is 4.51. The predicted molar refractivity (Wildman–Crippen MR) is 123 cm³/mol. The first-order chi connectivity index (χ1) is 14.1. The van der Waals surface area contributed by atoms with Crippen LogP contribution in [0.25, 0.3) is 11.0 Å². The molecule has 0 aliphatic rings. The van der Waals surface area contributed by atoms with Crippen LogP contribution in [0.4, 0.5) is 17.1 Å². The smallest absolute Gasteiger partial charge is 0.161 e. The summed E-state index contributed by atoms with van der Waals surface area (Å²) in [5, 5.41) is 4.63. The van der Waals surface area contributed by atoms with Gasteiger partial charge in [-0.2, -0.15) is 0 Å². The summed E-state index contributed by atoms with van der Waals surface area (Å²) in [6.07, 6.45) is 3.85. The summed E-state index contributed by atoms with van der Waals surface area (Å²) in [6.45, 7) is 4.26. The maximum absolute atomic E-state index is 5.95. The molecule has 0 spiro atoms. The number of aromatic nitrogens is 2. The largest absolute Gasteiger partial charge is 0.399 e. The van der Waals surface area contributed by atoms with Gasteiger partial charge < -0.3 is 11.1 Å². The van der Waals surface area contributed by atoms with Gasteiger partial charge in [0.25, 0.3) is 0 Å². The molecule has 0 unspecified atom stereocenters. The molecule has 4 aromatic rings. The molecule has 29 heavy (non-hydrogen) atoms. The van der Waals surface area contributed by atoms with Crippen molar-refractivity contribution >= 4 is 39.9 Å². The predicted octanol–water partition coefficient (Wildman–Crippen LogP) is 6.37. The van der Waals surface area contributed by atoms with E-state index in [4.69, 9.17) is 10.7 Å². The molecule has 0 amide bonds. The quantitative estimate of drug-likeness (QED) is 0.368. The third-order valence-corrected chi connectivity index (χ3v) is 5.72. The van der Waals surface area contributed by atoms with E-state index in [1.54, 1.807) is 11.8 Å². The number of nitrogens with zero attached hydrogens (tertiary/aromatic N) is 2. The normalized spacial score (nSPS) is 11.0. The Balaban J connectivity index is 1.70. The van der Waals surface area contributed by atoms with E-state index in [1.807, 2.05) is 30.5 Å². The molecule has 146 valence electrons. The number of hydrogen-bond donors (Lipinski definition) is 2. The minimum Gasteiger partial charge on any atom is -0.399 e. The Labute approximate surface area is 175 Å². The van der Waals surface area contributed by atoms with E-state index in [2.05, 4.69) is 60.5 Å². The highest BCUT2D eigenvalue weighted by Gasteiger charge is 2.10. The summed E-state index contributed by atoms with van der Waals surface area (Å²) in [4.78, 5) is 11.4. The summed E-state index contributed by atoms with van der Waals surface area (Å²) in [7, 11) is 0. The van der Waals surface area contributed by atoms with Gasteiger partial charge in [-0.3, -0.25) is 0 Å². The van der Waals surface area contributed by atoms with Gasteiger partial charge >= 0.3 is 0 Å². The number of rotatable bonds is 6. The Morgan fingerprint density at radius 2 is 1.90 bits per heavy atom. The van der Waals surface area contributed by atoms with E-state index < -0.39 is 0 Å². The number of nitrogens with one attached hydrogen (secondary N) is 1. The van der Waals surface area contributed by atoms with Crippen LogP contribution < -0.4 is 11.1 Å². The summed E-state index contributed by atoms with van der Waals surface area (Å²) >= 11 is 1.70. The number of anilines is 3. The van der Waals surface area contributed by atoms with Crippen LogP contribution in [0.2, 0.25) is 0 Å². The Morgan fingerprint density at radius 1 is 1.00 bits per heavy atom. The summed E-state index contributed by atoms with van der Waals surface area (Å²) in [6, 6.07) is 20.6. The molecule has 4 rings (SSSR count). The lowest BCUT2D eigenvalue weighted by molar-refractivity contribution is 0.887. The van der Waals surface area contributed by atoms with Crippen LogP contribution in [0.3, 0.4) is 0 Å². The van der Waals surface area contributed by atoms with Gasteiger partial charge in [0.05, 0.1) is 11.4 Å². The molecular weight excluding hydrogens is 376 g/mol. The topological polar surface area (TPSA) is 63.8 Å². The molecular formula is C24H24N4S. The second-order valence-electron chi connectivity index (χ2n) is 7.08. The SMILES string of the molecule is CCCc1ccc2c(Nc3cc(C)ccc3Sc3cccc(N)c3)ccnc2n1. The van der Waals surface area contributed by atoms with Gasteiger partial charge in [-0.1, -0.05) is 37.2 Å². The van der Waals surface area contributed by atoms with E-state index in [-0.39, 0.29) is 0 Å². The fourth-order valence-corrected chi connectivity index (χ4v) is 4.20. The van der Waals surface area contributed by atoms with Crippen molar-refractivity contribution in [3.63, 3.8) is 0 Å². The molecule has 0 bridgehead atoms. The molecule has 3 N–H and O–H groups in total. The zero-order valence-corrected chi connectivity index (χ0v) is 17.5. The molecule has 2 aromatic heterocycles. The van der Waals surface area contributed by atoms with Gasteiger partial charge in [0.2, 0.25) is 0 Å². The van der Waals surface area contributed by atoms with E-state index in [1.165, 1.54) is 5.56 Å². The van der Waals surface area contributed by atoms with Gasteiger partial charge in [-0.05, 0) is 67.4 Å². The van der Waals surface area contributed by atoms with Crippen molar-refractivity contribution in [2.45, 2.75) is 36.5 Å². The number of hydrogen-bond acceptors (Lipinski definition) is 5. The molecule has 2 aromatic carbocycles. The molecule has 0 atom stereocenters. The van der Waals surface area contributed by atoms with E-state index in [9.17, 15) is 0 Å². The molecule has 0 saturated heterocycles. The number of benzene rings is 2. The lowest BCUT2D eigenvalue weighted by Crippen LogP contribution is -1.98. The van der Waals surface area contributed by atoms with Crippen LogP contribution in [-0.2, 0) is 6.42 Å². The maximum atomic E-state index is 5.95. The zero-order valence-electron chi connectivity index (χ0n) is 16.6. The molecule has 0 fully saturated rings. The first-order valence-electron chi connectivity index (χ1n) is 9.78. The Bertz CT molecular complexity index is 1160. The van der Waals surface area contributed by atoms with E-state index in [0.29, 0.717) is 0 Å². The fourth-order valence-electron chi connectivity index (χ4n) is 3.25. The summed E-state index contributed by atoms with van der Waals surface area (Å²) < 4.78 is 0. The van der Waals surface area contributed by atoms with Crippen LogP contribution in [0.1, 0.15) is 24.6 Å². The van der Waals surface area contributed by atoms with Crippen LogP contribution >= 0.6 is 11.8 Å². The van der Waals surface area contributed by atoms with Crippen molar-refractivity contribution in [3.05, 3.63) is 78.1 Å². The van der Waals surface area contributed by atoms with Gasteiger partial charge in [0, 0.05) is 32.8 Å². The van der Waals surface area contributed by atoms with Crippen molar-refractivity contribution in [1.29, 1.82) is 0 Å². The van der Waals surface area contributed by atoms with Crippen LogP contribution in [0, 0.1) is 6.92 Å². The van der Waals surface area contributed by atoms with Crippen molar-refractivity contribution in [3.8, 4) is 0 Å². The summed E-state index contributed by atoms with van der Waals surface area (Å²) in [5.74, 6) is 0. The molecule has 0 aliphatic carbocycles. The van der Waals surface area contributed by atoms with Gasteiger partial charge in [0.1, 0.15) is 0 Å². The third-order valence-electron chi connectivity index (χ3n) is 4.66. The Hall–Kier alpha value is -3.05. The molecule has 2 heterocycles. The average molecular weight is 401 g/mol. The second kappa shape index (κ2) is 8.53. The fraction of sp³-hybridized carbons (Fsp3) is 0.167. The first kappa shape index (κ1) is 19.3. The van der Waals surface area contributed by atoms with Crippen molar-refractivity contribution in [2.75, 3.05) is 11.1 Å². The molecule has 0 saturated carbocycles. The number of aryl methyl sites for hydroxylation is 2. The number of nitrogen functional groups attached to an aromatic ring is 1. The van der Waals surface area contributed by atoms with Crippen LogP contribution in [0.5, 0.6) is 0 Å². The first-order valence-corrected chi connectivity index (χ1v) is 10.6. The molecule has 0 aliphatic heterocycles. The highest BCUT2D eigenvalue weighted by molar-refractivity contribution is 7.99. The minimum absolute atomic E-state index is 0.769. The maximum Gasteiger partial charge on any atom is 0.161 e. The monoisotopic (exact) mass is 400 g/mol. The number of fused-ring (bicyclic) bond motifs is 1.